The minimum absolute atomic E-state index is 0.243. The van der Waals surface area contributed by atoms with E-state index >= 15 is 0 Å². The molecule has 0 atom stereocenters. The largest absolute Gasteiger partial charge is 0.447 e. The summed E-state index contributed by atoms with van der Waals surface area (Å²) in [6.07, 6.45) is 11.7. The topological polar surface area (TPSA) is 52.0 Å². The summed E-state index contributed by atoms with van der Waals surface area (Å²) in [5, 5.41) is 0. The molecule has 88 valence electrons. The van der Waals surface area contributed by atoms with E-state index < -0.39 is 0 Å². The Bertz CT molecular complexity index is 362. The first kappa shape index (κ1) is 10.3. The van der Waals surface area contributed by atoms with Gasteiger partial charge in [-0.15, -0.1) is 0 Å². The van der Waals surface area contributed by atoms with Gasteiger partial charge in [0, 0.05) is 5.92 Å². The second-order valence-corrected chi connectivity index (χ2v) is 5.42. The molecule has 3 heteroatoms. The fourth-order valence-electron chi connectivity index (χ4n) is 2.87. The van der Waals surface area contributed by atoms with E-state index in [2.05, 4.69) is 4.98 Å². The zero-order valence-electron chi connectivity index (χ0n) is 9.74. The van der Waals surface area contributed by atoms with Gasteiger partial charge in [-0.3, -0.25) is 0 Å². The smallest absolute Gasteiger partial charge is 0.214 e. The zero-order valence-corrected chi connectivity index (χ0v) is 9.74. The highest BCUT2D eigenvalue weighted by atomic mass is 16.3. The van der Waals surface area contributed by atoms with Crippen molar-refractivity contribution in [2.24, 2.45) is 5.73 Å². The first-order chi connectivity index (χ1) is 7.78. The molecule has 1 aromatic heterocycles. The summed E-state index contributed by atoms with van der Waals surface area (Å²) in [6.45, 7) is 0. The van der Waals surface area contributed by atoms with Crippen molar-refractivity contribution in [2.75, 3.05) is 0 Å². The fourth-order valence-corrected chi connectivity index (χ4v) is 2.87. The number of oxazole rings is 1. The second kappa shape index (κ2) is 3.88. The molecule has 2 fully saturated rings. The average molecular weight is 220 g/mol. The fraction of sp³-hybridized carbons (Fsp3) is 0.769. The lowest BCUT2D eigenvalue weighted by atomic mass is 9.77. The maximum Gasteiger partial charge on any atom is 0.214 e. The van der Waals surface area contributed by atoms with Crippen molar-refractivity contribution in [1.29, 1.82) is 0 Å². The predicted molar refractivity (Wildman–Crippen MR) is 62.0 cm³/mol. The van der Waals surface area contributed by atoms with Crippen LogP contribution in [0.1, 0.15) is 68.9 Å². The van der Waals surface area contributed by atoms with Gasteiger partial charge < -0.3 is 10.2 Å². The van der Waals surface area contributed by atoms with Crippen molar-refractivity contribution >= 4 is 0 Å². The van der Waals surface area contributed by atoms with Gasteiger partial charge >= 0.3 is 0 Å². The molecule has 16 heavy (non-hydrogen) atoms. The molecule has 1 aromatic rings. The predicted octanol–water partition coefficient (Wildman–Crippen LogP) is 3.06. The van der Waals surface area contributed by atoms with Gasteiger partial charge in [0.15, 0.2) is 0 Å². The van der Waals surface area contributed by atoms with Crippen molar-refractivity contribution in [2.45, 2.75) is 62.8 Å². The maximum absolute atomic E-state index is 6.21. The number of nitrogens with two attached hydrogens (primary N) is 1. The van der Waals surface area contributed by atoms with Crippen LogP contribution in [-0.4, -0.2) is 4.98 Å². The van der Waals surface area contributed by atoms with Gasteiger partial charge in [-0.1, -0.05) is 19.3 Å². The molecule has 2 aliphatic carbocycles. The standard InChI is InChI=1S/C13H20N2O/c14-13(7-4-8-13)12-15-11(9-16-12)10-5-2-1-3-6-10/h9-10H,1-8,14H2. The highest BCUT2D eigenvalue weighted by molar-refractivity contribution is 5.13. The first-order valence-corrected chi connectivity index (χ1v) is 6.53. The molecular weight excluding hydrogens is 200 g/mol. The molecule has 0 aromatic carbocycles. The van der Waals surface area contributed by atoms with Gasteiger partial charge in [0.1, 0.15) is 6.26 Å². The van der Waals surface area contributed by atoms with Crippen LogP contribution in [0.4, 0.5) is 0 Å². The summed E-state index contributed by atoms with van der Waals surface area (Å²) in [5.41, 5.74) is 7.11. The molecule has 2 N–H and O–H groups in total. The molecule has 0 unspecified atom stereocenters. The molecule has 0 amide bonds. The van der Waals surface area contributed by atoms with E-state index in [1.807, 2.05) is 6.26 Å². The Labute approximate surface area is 96.4 Å². The molecule has 2 saturated carbocycles. The number of hydrogen-bond acceptors (Lipinski definition) is 3. The summed E-state index contributed by atoms with van der Waals surface area (Å²) >= 11 is 0. The van der Waals surface area contributed by atoms with Crippen LogP contribution < -0.4 is 5.73 Å². The van der Waals surface area contributed by atoms with Crippen LogP contribution in [0.2, 0.25) is 0 Å². The lowest BCUT2D eigenvalue weighted by molar-refractivity contribution is 0.198. The zero-order chi connectivity index (χ0) is 11.0. The highest BCUT2D eigenvalue weighted by Gasteiger charge is 2.39. The van der Waals surface area contributed by atoms with E-state index in [1.165, 1.54) is 38.5 Å². The molecule has 0 radical (unpaired) electrons. The summed E-state index contributed by atoms with van der Waals surface area (Å²) < 4.78 is 5.59. The van der Waals surface area contributed by atoms with Crippen molar-refractivity contribution < 1.29 is 4.42 Å². The summed E-state index contributed by atoms with van der Waals surface area (Å²) in [7, 11) is 0. The third kappa shape index (κ3) is 1.67. The average Bonchev–Trinajstić information content (AvgIpc) is 2.77. The summed E-state index contributed by atoms with van der Waals surface area (Å²) in [6, 6.07) is 0. The minimum Gasteiger partial charge on any atom is -0.447 e. The monoisotopic (exact) mass is 220 g/mol. The van der Waals surface area contributed by atoms with Crippen molar-refractivity contribution in [3.63, 3.8) is 0 Å². The normalized spacial score (nSPS) is 25.3. The third-order valence-corrected chi connectivity index (χ3v) is 4.22. The van der Waals surface area contributed by atoms with E-state index in [0.29, 0.717) is 5.92 Å². The van der Waals surface area contributed by atoms with Crippen LogP contribution in [0.15, 0.2) is 10.7 Å². The molecule has 0 aliphatic heterocycles. The van der Waals surface area contributed by atoms with Crippen LogP contribution in [0.25, 0.3) is 0 Å². The SMILES string of the molecule is NC1(c2nc(C3CCCCC3)co2)CCC1. The molecule has 1 heterocycles. The van der Waals surface area contributed by atoms with Crippen LogP contribution in [-0.2, 0) is 5.54 Å². The lowest BCUT2D eigenvalue weighted by Gasteiger charge is -2.34. The van der Waals surface area contributed by atoms with Gasteiger partial charge in [0.05, 0.1) is 11.2 Å². The van der Waals surface area contributed by atoms with Gasteiger partial charge in [-0.05, 0) is 32.1 Å². The van der Waals surface area contributed by atoms with Gasteiger partial charge in [-0.25, -0.2) is 4.98 Å². The van der Waals surface area contributed by atoms with Crippen LogP contribution in [0.3, 0.4) is 0 Å². The highest BCUT2D eigenvalue weighted by Crippen LogP contribution is 2.39. The lowest BCUT2D eigenvalue weighted by Crippen LogP contribution is -2.43. The Morgan fingerprint density at radius 1 is 1.19 bits per heavy atom. The molecule has 3 nitrogen and oxygen atoms in total. The summed E-state index contributed by atoms with van der Waals surface area (Å²) in [4.78, 5) is 4.64. The Kier molecular flexibility index (Phi) is 2.51. The Hall–Kier alpha value is -0.830. The van der Waals surface area contributed by atoms with E-state index in [0.717, 1.165) is 24.4 Å². The number of nitrogens with zero attached hydrogens (tertiary/aromatic N) is 1. The maximum atomic E-state index is 6.21. The van der Waals surface area contributed by atoms with Crippen LogP contribution in [0, 0.1) is 0 Å². The van der Waals surface area contributed by atoms with Gasteiger partial charge in [0.25, 0.3) is 0 Å². The second-order valence-electron chi connectivity index (χ2n) is 5.42. The Morgan fingerprint density at radius 2 is 1.94 bits per heavy atom. The first-order valence-electron chi connectivity index (χ1n) is 6.53. The third-order valence-electron chi connectivity index (χ3n) is 4.22. The molecule has 2 aliphatic rings. The summed E-state index contributed by atoms with van der Waals surface area (Å²) in [5.74, 6) is 1.40. The minimum atomic E-state index is -0.243. The van der Waals surface area contributed by atoms with Gasteiger partial charge in [-0.2, -0.15) is 0 Å². The molecular formula is C13H20N2O. The van der Waals surface area contributed by atoms with E-state index in [-0.39, 0.29) is 5.54 Å². The van der Waals surface area contributed by atoms with Gasteiger partial charge in [0.2, 0.25) is 5.89 Å². The van der Waals surface area contributed by atoms with Crippen molar-refractivity contribution in [3.05, 3.63) is 17.8 Å². The number of aromatic nitrogens is 1. The van der Waals surface area contributed by atoms with Crippen molar-refractivity contribution in [3.8, 4) is 0 Å². The quantitative estimate of drug-likeness (QED) is 0.833. The Morgan fingerprint density at radius 3 is 2.56 bits per heavy atom. The number of rotatable bonds is 2. The Balaban J connectivity index is 1.76. The molecule has 0 saturated heterocycles. The van der Waals surface area contributed by atoms with E-state index in [9.17, 15) is 0 Å². The van der Waals surface area contributed by atoms with E-state index in [1.54, 1.807) is 0 Å². The van der Waals surface area contributed by atoms with Crippen LogP contribution >= 0.6 is 0 Å². The molecule has 0 spiro atoms. The van der Waals surface area contributed by atoms with Crippen LogP contribution in [0.5, 0.6) is 0 Å². The number of hydrogen-bond donors (Lipinski definition) is 1. The van der Waals surface area contributed by atoms with E-state index in [4.69, 9.17) is 10.2 Å². The molecule has 3 rings (SSSR count). The van der Waals surface area contributed by atoms with Crippen molar-refractivity contribution in [1.82, 2.24) is 4.98 Å². The molecule has 0 bridgehead atoms.